The van der Waals surface area contributed by atoms with Crippen molar-refractivity contribution in [2.75, 3.05) is 0 Å². The van der Waals surface area contributed by atoms with Gasteiger partial charge < -0.3 is 4.18 Å². The SMILES string of the molecule is CC(C)NS(=O)(=O)c1cccc(OS(=O)(=O)c2ccccc2)n1. The summed E-state index contributed by atoms with van der Waals surface area (Å²) in [6.07, 6.45) is 0. The van der Waals surface area contributed by atoms with E-state index in [0.29, 0.717) is 0 Å². The van der Waals surface area contributed by atoms with Crippen LogP contribution < -0.4 is 8.91 Å². The van der Waals surface area contributed by atoms with E-state index in [0.717, 1.165) is 0 Å². The van der Waals surface area contributed by atoms with Gasteiger partial charge in [-0.3, -0.25) is 0 Å². The first-order valence-electron chi connectivity index (χ1n) is 6.70. The molecular weight excluding hydrogens is 340 g/mol. The number of rotatable bonds is 6. The van der Waals surface area contributed by atoms with Crippen molar-refractivity contribution in [1.82, 2.24) is 9.71 Å². The topological polar surface area (TPSA) is 102 Å². The van der Waals surface area contributed by atoms with Crippen molar-refractivity contribution in [2.45, 2.75) is 29.8 Å². The van der Waals surface area contributed by atoms with E-state index in [1.165, 1.54) is 30.3 Å². The molecule has 0 fully saturated rings. The summed E-state index contributed by atoms with van der Waals surface area (Å²) in [5, 5.41) is -0.313. The molecule has 9 heteroatoms. The molecule has 2 aromatic rings. The lowest BCUT2D eigenvalue weighted by atomic mass is 10.4. The van der Waals surface area contributed by atoms with Gasteiger partial charge in [-0.2, -0.15) is 13.4 Å². The van der Waals surface area contributed by atoms with E-state index in [-0.39, 0.29) is 21.8 Å². The number of benzene rings is 1. The highest BCUT2D eigenvalue weighted by atomic mass is 32.2. The van der Waals surface area contributed by atoms with Crippen LogP contribution in [0.3, 0.4) is 0 Å². The first-order chi connectivity index (χ1) is 10.7. The fourth-order valence-electron chi connectivity index (χ4n) is 1.71. The molecule has 124 valence electrons. The van der Waals surface area contributed by atoms with Crippen molar-refractivity contribution in [3.05, 3.63) is 48.5 Å². The smallest absolute Gasteiger partial charge is 0.340 e. The molecule has 7 nitrogen and oxygen atoms in total. The summed E-state index contributed by atoms with van der Waals surface area (Å²) >= 11 is 0. The van der Waals surface area contributed by atoms with Crippen molar-refractivity contribution in [3.8, 4) is 5.88 Å². The summed E-state index contributed by atoms with van der Waals surface area (Å²) in [4.78, 5) is 3.71. The minimum absolute atomic E-state index is 0.0460. The average Bonchev–Trinajstić information content (AvgIpc) is 2.47. The maximum atomic E-state index is 12.1. The quantitative estimate of drug-likeness (QED) is 0.788. The Morgan fingerprint density at radius 2 is 1.61 bits per heavy atom. The van der Waals surface area contributed by atoms with Gasteiger partial charge in [0, 0.05) is 12.1 Å². The monoisotopic (exact) mass is 356 g/mol. The summed E-state index contributed by atoms with van der Waals surface area (Å²) in [6.45, 7) is 3.33. The highest BCUT2D eigenvalue weighted by molar-refractivity contribution is 7.89. The Balaban J connectivity index is 2.31. The highest BCUT2D eigenvalue weighted by Crippen LogP contribution is 2.18. The fourth-order valence-corrected chi connectivity index (χ4v) is 3.82. The molecule has 0 aliphatic carbocycles. The Kier molecular flexibility index (Phi) is 5.03. The fraction of sp³-hybridized carbons (Fsp3) is 0.214. The van der Waals surface area contributed by atoms with Crippen LogP contribution in [0.1, 0.15) is 13.8 Å². The van der Waals surface area contributed by atoms with E-state index in [4.69, 9.17) is 4.18 Å². The molecule has 0 aliphatic rings. The average molecular weight is 356 g/mol. The molecule has 2 rings (SSSR count). The van der Waals surface area contributed by atoms with Crippen LogP contribution in [-0.2, 0) is 20.1 Å². The summed E-state index contributed by atoms with van der Waals surface area (Å²) in [7, 11) is -7.91. The zero-order valence-corrected chi connectivity index (χ0v) is 14.1. The number of aromatic nitrogens is 1. The Bertz CT molecular complexity index is 878. The van der Waals surface area contributed by atoms with Gasteiger partial charge in [0.2, 0.25) is 5.88 Å². The van der Waals surface area contributed by atoms with Gasteiger partial charge in [-0.25, -0.2) is 13.1 Å². The van der Waals surface area contributed by atoms with E-state index in [1.54, 1.807) is 32.0 Å². The Hall–Kier alpha value is -1.97. The highest BCUT2D eigenvalue weighted by Gasteiger charge is 2.21. The molecule has 1 aromatic heterocycles. The second-order valence-electron chi connectivity index (χ2n) is 4.94. The number of pyridine rings is 1. The zero-order chi connectivity index (χ0) is 17.1. The molecule has 0 unspecified atom stereocenters. The van der Waals surface area contributed by atoms with E-state index in [2.05, 4.69) is 9.71 Å². The first kappa shape index (κ1) is 17.4. The number of nitrogens with one attached hydrogen (secondary N) is 1. The van der Waals surface area contributed by atoms with Gasteiger partial charge in [-0.15, -0.1) is 0 Å². The van der Waals surface area contributed by atoms with Gasteiger partial charge in [0.25, 0.3) is 10.0 Å². The molecule has 0 bridgehead atoms. The Morgan fingerprint density at radius 3 is 2.22 bits per heavy atom. The molecule has 23 heavy (non-hydrogen) atoms. The zero-order valence-electron chi connectivity index (χ0n) is 12.5. The minimum Gasteiger partial charge on any atom is -0.358 e. The van der Waals surface area contributed by atoms with Crippen molar-refractivity contribution in [2.24, 2.45) is 0 Å². The third-order valence-corrected chi connectivity index (χ3v) is 5.39. The second kappa shape index (κ2) is 6.65. The van der Waals surface area contributed by atoms with Crippen LogP contribution in [0.15, 0.2) is 58.5 Å². The molecule has 0 amide bonds. The van der Waals surface area contributed by atoms with Crippen LogP contribution >= 0.6 is 0 Å². The molecule has 1 aromatic carbocycles. The first-order valence-corrected chi connectivity index (χ1v) is 9.59. The molecule has 0 spiro atoms. The van der Waals surface area contributed by atoms with Gasteiger partial charge in [-0.1, -0.05) is 24.3 Å². The number of hydrogen-bond acceptors (Lipinski definition) is 6. The molecule has 1 N–H and O–H groups in total. The standard InChI is InChI=1S/C14H16N2O5S2/c1-11(2)16-22(17,18)14-10-6-9-13(15-14)21-23(19,20)12-7-4-3-5-8-12/h3-11,16H,1-2H3. The maximum absolute atomic E-state index is 12.1. The van der Waals surface area contributed by atoms with Gasteiger partial charge >= 0.3 is 10.1 Å². The summed E-state index contributed by atoms with van der Waals surface area (Å²) in [6, 6.07) is 11.1. The van der Waals surface area contributed by atoms with Crippen LogP contribution in [0, 0.1) is 0 Å². The van der Waals surface area contributed by atoms with Crippen molar-refractivity contribution >= 4 is 20.1 Å². The Morgan fingerprint density at radius 1 is 0.957 bits per heavy atom. The van der Waals surface area contributed by atoms with Crippen LogP contribution in [0.2, 0.25) is 0 Å². The van der Waals surface area contributed by atoms with E-state index in [9.17, 15) is 16.8 Å². The van der Waals surface area contributed by atoms with Crippen molar-refractivity contribution < 1.29 is 21.0 Å². The lowest BCUT2D eigenvalue weighted by Gasteiger charge is -2.10. The number of nitrogens with zero attached hydrogens (tertiary/aromatic N) is 1. The van der Waals surface area contributed by atoms with Crippen molar-refractivity contribution in [3.63, 3.8) is 0 Å². The number of sulfonamides is 1. The third kappa shape index (κ3) is 4.50. The van der Waals surface area contributed by atoms with E-state index >= 15 is 0 Å². The predicted molar refractivity (Wildman–Crippen MR) is 84.0 cm³/mol. The predicted octanol–water partition coefficient (Wildman–Crippen LogP) is 1.54. The van der Waals surface area contributed by atoms with Crippen LogP contribution in [-0.4, -0.2) is 27.9 Å². The van der Waals surface area contributed by atoms with Gasteiger partial charge in [0.15, 0.2) is 5.03 Å². The summed E-state index contributed by atoms with van der Waals surface area (Å²) in [5.74, 6) is -0.319. The molecule has 1 heterocycles. The normalized spacial score (nSPS) is 12.3. The minimum atomic E-state index is -4.08. The van der Waals surface area contributed by atoms with Crippen LogP contribution in [0.4, 0.5) is 0 Å². The second-order valence-corrected chi connectivity index (χ2v) is 8.15. The van der Waals surface area contributed by atoms with Gasteiger partial charge in [0.05, 0.1) is 0 Å². The molecule has 0 atom stereocenters. The van der Waals surface area contributed by atoms with Crippen LogP contribution in [0.5, 0.6) is 5.88 Å². The van der Waals surface area contributed by atoms with Crippen LogP contribution in [0.25, 0.3) is 0 Å². The molecule has 0 saturated carbocycles. The molecular formula is C14H16N2O5S2. The lowest BCUT2D eigenvalue weighted by Crippen LogP contribution is -2.30. The largest absolute Gasteiger partial charge is 0.358 e. The molecule has 0 saturated heterocycles. The van der Waals surface area contributed by atoms with E-state index in [1.807, 2.05) is 0 Å². The van der Waals surface area contributed by atoms with Gasteiger partial charge in [0.1, 0.15) is 4.90 Å². The third-order valence-electron chi connectivity index (χ3n) is 2.59. The Labute approximate surface area is 135 Å². The van der Waals surface area contributed by atoms with E-state index < -0.39 is 20.1 Å². The molecule has 0 radical (unpaired) electrons. The van der Waals surface area contributed by atoms with Gasteiger partial charge in [-0.05, 0) is 32.0 Å². The summed E-state index contributed by atoms with van der Waals surface area (Å²) < 4.78 is 55.6. The molecule has 0 aliphatic heterocycles. The number of hydrogen-bond donors (Lipinski definition) is 1. The lowest BCUT2D eigenvalue weighted by molar-refractivity contribution is 0.472. The summed E-state index contributed by atoms with van der Waals surface area (Å²) in [5.41, 5.74) is 0. The maximum Gasteiger partial charge on any atom is 0.340 e. The van der Waals surface area contributed by atoms with Crippen molar-refractivity contribution in [1.29, 1.82) is 0 Å².